The van der Waals surface area contributed by atoms with E-state index in [0.717, 1.165) is 18.4 Å². The maximum atomic E-state index is 9.19. The van der Waals surface area contributed by atoms with E-state index in [4.69, 9.17) is 25.6 Å². The quantitative estimate of drug-likeness (QED) is 0.765. The zero-order valence-electron chi connectivity index (χ0n) is 12.8. The van der Waals surface area contributed by atoms with Crippen LogP contribution in [0, 0.1) is 11.3 Å². The van der Waals surface area contributed by atoms with Crippen molar-refractivity contribution in [2.45, 2.75) is 39.2 Å². The topological polar surface area (TPSA) is 51.5 Å². The van der Waals surface area contributed by atoms with E-state index in [1.54, 1.807) is 13.2 Å². The summed E-state index contributed by atoms with van der Waals surface area (Å²) in [4.78, 5) is 0. The maximum Gasteiger partial charge on any atom is 0.238 e. The molecular weight excluding hydrogens is 305 g/mol. The molecule has 0 amide bonds. The molecule has 1 atom stereocenters. The van der Waals surface area contributed by atoms with Gasteiger partial charge in [0.1, 0.15) is 5.60 Å². The van der Waals surface area contributed by atoms with E-state index >= 15 is 0 Å². The van der Waals surface area contributed by atoms with Gasteiger partial charge in [-0.15, -0.1) is 0 Å². The van der Waals surface area contributed by atoms with Crippen molar-refractivity contribution in [2.24, 2.45) is 0 Å². The molecule has 1 aromatic carbocycles. The van der Waals surface area contributed by atoms with Crippen LogP contribution in [0.25, 0.3) is 0 Å². The predicted octanol–water partition coefficient (Wildman–Crippen LogP) is 4.02. The van der Waals surface area contributed by atoms with Gasteiger partial charge in [-0.2, -0.15) is 5.26 Å². The van der Waals surface area contributed by atoms with Crippen LogP contribution < -0.4 is 9.26 Å². The molecule has 1 aliphatic rings. The van der Waals surface area contributed by atoms with Gasteiger partial charge in [-0.1, -0.05) is 6.92 Å². The molecule has 1 unspecified atom stereocenters. The van der Waals surface area contributed by atoms with Crippen LogP contribution in [-0.4, -0.2) is 18.9 Å². The van der Waals surface area contributed by atoms with E-state index in [1.165, 1.54) is 0 Å². The lowest BCUT2D eigenvalue weighted by atomic mass is 10.0. The zero-order chi connectivity index (χ0) is 15.7. The molecule has 0 bridgehead atoms. The summed E-state index contributed by atoms with van der Waals surface area (Å²) in [6.07, 6.45) is 2.32. The van der Waals surface area contributed by atoms with Crippen LogP contribution >= 0.6 is 6.49 Å². The Balaban J connectivity index is 2.43. The molecule has 0 saturated heterocycles. The SMILES string of the molecule is CCCP(=S)(OC)Oc1cc(C#N)cc2c1OC(C)(C)C2. The summed E-state index contributed by atoms with van der Waals surface area (Å²) in [5, 5.41) is 9.19. The fourth-order valence-corrected chi connectivity index (χ4v) is 4.53. The van der Waals surface area contributed by atoms with Crippen LogP contribution in [0.5, 0.6) is 11.5 Å². The van der Waals surface area contributed by atoms with Gasteiger partial charge in [0, 0.05) is 31.3 Å². The Hall–Kier alpha value is -1.08. The van der Waals surface area contributed by atoms with Crippen LogP contribution in [0.3, 0.4) is 0 Å². The third kappa shape index (κ3) is 3.58. The van der Waals surface area contributed by atoms with Gasteiger partial charge in [0.2, 0.25) is 6.49 Å². The first-order valence-corrected chi connectivity index (χ1v) is 9.75. The largest absolute Gasteiger partial charge is 0.483 e. The van der Waals surface area contributed by atoms with E-state index in [1.807, 2.05) is 26.8 Å². The second kappa shape index (κ2) is 5.96. The highest BCUT2D eigenvalue weighted by atomic mass is 32.5. The van der Waals surface area contributed by atoms with Crippen molar-refractivity contribution in [1.29, 1.82) is 5.26 Å². The monoisotopic (exact) mass is 325 g/mol. The second-order valence-corrected chi connectivity index (χ2v) is 9.61. The standard InChI is InChI=1S/C15H20NO3PS/c1-5-6-20(21,17-4)19-13-8-11(10-16)7-12-9-15(2,3)18-14(12)13/h7-8H,5-6,9H2,1-4H3. The first-order valence-electron chi connectivity index (χ1n) is 6.93. The van der Waals surface area contributed by atoms with E-state index in [2.05, 4.69) is 6.07 Å². The average molecular weight is 325 g/mol. The number of nitrogens with zero attached hydrogens (tertiary/aromatic N) is 1. The fraction of sp³-hybridized carbons (Fsp3) is 0.533. The number of nitriles is 1. The number of hydrogen-bond acceptors (Lipinski definition) is 5. The van der Waals surface area contributed by atoms with Crippen LogP contribution in [-0.2, 0) is 22.8 Å². The third-order valence-electron chi connectivity index (χ3n) is 3.27. The number of hydrogen-bond donors (Lipinski definition) is 0. The van der Waals surface area contributed by atoms with Crippen molar-refractivity contribution >= 4 is 18.3 Å². The number of ether oxygens (including phenoxy) is 1. The summed E-state index contributed by atoms with van der Waals surface area (Å²) in [6.45, 7) is 3.69. The molecule has 2 rings (SSSR count). The van der Waals surface area contributed by atoms with Crippen molar-refractivity contribution in [3.8, 4) is 17.6 Å². The summed E-state index contributed by atoms with van der Waals surface area (Å²) in [5.74, 6) is 1.23. The van der Waals surface area contributed by atoms with Crippen molar-refractivity contribution in [3.63, 3.8) is 0 Å². The van der Waals surface area contributed by atoms with Gasteiger partial charge >= 0.3 is 0 Å². The van der Waals surface area contributed by atoms with Crippen LogP contribution in [0.1, 0.15) is 38.3 Å². The summed E-state index contributed by atoms with van der Waals surface area (Å²) >= 11 is 5.52. The Morgan fingerprint density at radius 2 is 2.19 bits per heavy atom. The normalized spacial score (nSPS) is 18.2. The first kappa shape index (κ1) is 16.3. The Kier molecular flexibility index (Phi) is 4.63. The molecule has 0 radical (unpaired) electrons. The van der Waals surface area contributed by atoms with E-state index < -0.39 is 6.49 Å². The molecule has 1 aliphatic heterocycles. The maximum absolute atomic E-state index is 9.19. The number of benzene rings is 1. The predicted molar refractivity (Wildman–Crippen MR) is 86.6 cm³/mol. The summed E-state index contributed by atoms with van der Waals surface area (Å²) < 4.78 is 17.4. The van der Waals surface area contributed by atoms with Crippen LogP contribution in [0.15, 0.2) is 12.1 Å². The molecule has 0 fully saturated rings. The molecule has 114 valence electrons. The van der Waals surface area contributed by atoms with Crippen molar-refractivity contribution in [3.05, 3.63) is 23.3 Å². The Labute approximate surface area is 131 Å². The highest BCUT2D eigenvalue weighted by Crippen LogP contribution is 2.53. The molecule has 6 heteroatoms. The minimum absolute atomic E-state index is 0.297. The minimum atomic E-state index is -2.38. The Morgan fingerprint density at radius 1 is 1.48 bits per heavy atom. The van der Waals surface area contributed by atoms with Gasteiger partial charge in [0.25, 0.3) is 0 Å². The molecule has 0 N–H and O–H groups in total. The van der Waals surface area contributed by atoms with Crippen LogP contribution in [0.2, 0.25) is 0 Å². The zero-order valence-corrected chi connectivity index (χ0v) is 14.5. The second-order valence-electron chi connectivity index (χ2n) is 5.72. The highest BCUT2D eigenvalue weighted by molar-refractivity contribution is 8.10. The molecule has 1 heterocycles. The summed E-state index contributed by atoms with van der Waals surface area (Å²) in [5.41, 5.74) is 1.25. The average Bonchev–Trinajstić information content (AvgIpc) is 2.73. The number of rotatable bonds is 5. The van der Waals surface area contributed by atoms with Gasteiger partial charge in [-0.05, 0) is 38.1 Å². The number of fused-ring (bicyclic) bond motifs is 1. The fourth-order valence-electron chi connectivity index (χ4n) is 2.41. The van der Waals surface area contributed by atoms with Gasteiger partial charge in [0.05, 0.1) is 11.6 Å². The molecule has 0 aromatic heterocycles. The van der Waals surface area contributed by atoms with Gasteiger partial charge < -0.3 is 13.8 Å². The van der Waals surface area contributed by atoms with E-state index in [0.29, 0.717) is 23.2 Å². The minimum Gasteiger partial charge on any atom is -0.483 e. The van der Waals surface area contributed by atoms with Gasteiger partial charge in [-0.25, -0.2) is 0 Å². The smallest absolute Gasteiger partial charge is 0.238 e. The van der Waals surface area contributed by atoms with E-state index in [9.17, 15) is 5.26 Å². The molecule has 0 aliphatic carbocycles. The van der Waals surface area contributed by atoms with Gasteiger partial charge in [0.15, 0.2) is 11.5 Å². The molecule has 21 heavy (non-hydrogen) atoms. The lowest BCUT2D eigenvalue weighted by molar-refractivity contribution is 0.135. The molecule has 0 spiro atoms. The van der Waals surface area contributed by atoms with Crippen molar-refractivity contribution < 1.29 is 13.8 Å². The molecule has 0 saturated carbocycles. The third-order valence-corrected chi connectivity index (χ3v) is 6.51. The summed E-state index contributed by atoms with van der Waals surface area (Å²) in [6, 6.07) is 5.71. The Morgan fingerprint density at radius 3 is 2.76 bits per heavy atom. The molecule has 1 aromatic rings. The molecular formula is C15H20NO3PS. The van der Waals surface area contributed by atoms with Crippen molar-refractivity contribution in [2.75, 3.05) is 13.3 Å². The summed E-state index contributed by atoms with van der Waals surface area (Å²) in [7, 11) is 1.58. The van der Waals surface area contributed by atoms with Gasteiger partial charge in [-0.3, -0.25) is 0 Å². The van der Waals surface area contributed by atoms with E-state index in [-0.39, 0.29) is 5.60 Å². The lowest BCUT2D eigenvalue weighted by Gasteiger charge is -2.23. The highest BCUT2D eigenvalue weighted by Gasteiger charge is 2.34. The first-order chi connectivity index (χ1) is 9.82. The lowest BCUT2D eigenvalue weighted by Crippen LogP contribution is -2.24. The molecule has 4 nitrogen and oxygen atoms in total. The Bertz CT molecular complexity index is 637. The van der Waals surface area contributed by atoms with Crippen molar-refractivity contribution in [1.82, 2.24) is 0 Å². The van der Waals surface area contributed by atoms with Crippen LogP contribution in [0.4, 0.5) is 0 Å².